The van der Waals surface area contributed by atoms with Crippen LogP contribution in [0.3, 0.4) is 0 Å². The standard InChI is InChI=1S/C27H24ClN3O4/c1-15-9-8-10-16(2)22(15)29-25(33)23(20-13-6-7-14-21(20)28)30-24(32)17(3)31-26(34)18-11-4-5-12-19(18)27(31)35/h4-14,17,23H,1-3H3,(H,29,33)(H,30,32)/t17-,23-/m1/s1. The van der Waals surface area contributed by atoms with Gasteiger partial charge in [-0.25, -0.2) is 0 Å². The van der Waals surface area contributed by atoms with E-state index in [2.05, 4.69) is 10.6 Å². The number of aryl methyl sites for hydroxylation is 2. The summed E-state index contributed by atoms with van der Waals surface area (Å²) >= 11 is 6.38. The minimum absolute atomic E-state index is 0.243. The van der Waals surface area contributed by atoms with Crippen LogP contribution in [0.15, 0.2) is 66.7 Å². The predicted octanol–water partition coefficient (Wildman–Crippen LogP) is 4.44. The van der Waals surface area contributed by atoms with E-state index in [0.29, 0.717) is 16.3 Å². The second-order valence-corrected chi connectivity index (χ2v) is 8.83. The second-order valence-electron chi connectivity index (χ2n) is 8.42. The molecule has 0 aromatic heterocycles. The van der Waals surface area contributed by atoms with Gasteiger partial charge < -0.3 is 10.6 Å². The molecule has 35 heavy (non-hydrogen) atoms. The number of para-hydroxylation sites is 1. The molecule has 178 valence electrons. The van der Waals surface area contributed by atoms with Crippen LogP contribution in [0, 0.1) is 13.8 Å². The number of imide groups is 1. The molecule has 0 aliphatic carbocycles. The normalized spacial score (nSPS) is 14.3. The second kappa shape index (κ2) is 9.72. The number of benzene rings is 3. The molecule has 3 aromatic carbocycles. The van der Waals surface area contributed by atoms with Crippen molar-refractivity contribution in [1.82, 2.24) is 10.2 Å². The molecule has 4 amide bonds. The molecular weight excluding hydrogens is 466 g/mol. The molecule has 0 radical (unpaired) electrons. The molecule has 2 N–H and O–H groups in total. The summed E-state index contributed by atoms with van der Waals surface area (Å²) in [6.45, 7) is 5.19. The van der Waals surface area contributed by atoms with E-state index in [1.54, 1.807) is 48.5 Å². The fourth-order valence-electron chi connectivity index (χ4n) is 4.14. The van der Waals surface area contributed by atoms with Gasteiger partial charge in [-0.3, -0.25) is 24.1 Å². The Kier molecular flexibility index (Phi) is 6.71. The van der Waals surface area contributed by atoms with E-state index in [1.165, 1.54) is 6.92 Å². The summed E-state index contributed by atoms with van der Waals surface area (Å²) in [5.41, 5.74) is 3.24. The summed E-state index contributed by atoms with van der Waals surface area (Å²) in [7, 11) is 0. The van der Waals surface area contributed by atoms with Crippen molar-refractivity contribution in [3.8, 4) is 0 Å². The van der Waals surface area contributed by atoms with Gasteiger partial charge in [-0.1, -0.05) is 60.1 Å². The Morgan fingerprint density at radius 1 is 0.800 bits per heavy atom. The number of nitrogens with one attached hydrogen (secondary N) is 2. The van der Waals surface area contributed by atoms with E-state index in [0.717, 1.165) is 16.0 Å². The largest absolute Gasteiger partial charge is 0.339 e. The molecule has 1 aliphatic rings. The highest BCUT2D eigenvalue weighted by molar-refractivity contribution is 6.31. The summed E-state index contributed by atoms with van der Waals surface area (Å²) in [5.74, 6) is -2.27. The maximum absolute atomic E-state index is 13.4. The number of halogens is 1. The van der Waals surface area contributed by atoms with Crippen molar-refractivity contribution in [2.45, 2.75) is 32.9 Å². The maximum Gasteiger partial charge on any atom is 0.262 e. The van der Waals surface area contributed by atoms with Crippen LogP contribution in [-0.4, -0.2) is 34.6 Å². The van der Waals surface area contributed by atoms with Gasteiger partial charge >= 0.3 is 0 Å². The van der Waals surface area contributed by atoms with Crippen LogP contribution in [0.4, 0.5) is 5.69 Å². The van der Waals surface area contributed by atoms with Gasteiger partial charge in [-0.05, 0) is 50.1 Å². The number of rotatable bonds is 6. The molecule has 0 unspecified atom stereocenters. The summed E-state index contributed by atoms with van der Waals surface area (Å²) in [4.78, 5) is 53.3. The minimum Gasteiger partial charge on any atom is -0.339 e. The van der Waals surface area contributed by atoms with E-state index in [9.17, 15) is 19.2 Å². The fraction of sp³-hybridized carbons (Fsp3) is 0.185. The molecule has 0 saturated carbocycles. The average Bonchev–Trinajstić information content (AvgIpc) is 3.10. The SMILES string of the molecule is Cc1cccc(C)c1NC(=O)[C@H](NC(=O)[C@@H](C)N1C(=O)c2ccccc2C1=O)c1ccccc1Cl. The number of fused-ring (bicyclic) bond motifs is 1. The van der Waals surface area contributed by atoms with Crippen LogP contribution in [0.2, 0.25) is 5.02 Å². The smallest absolute Gasteiger partial charge is 0.262 e. The van der Waals surface area contributed by atoms with Crippen LogP contribution in [-0.2, 0) is 9.59 Å². The Hall–Kier alpha value is -3.97. The number of carbonyl (C=O) groups excluding carboxylic acids is 4. The lowest BCUT2D eigenvalue weighted by Crippen LogP contribution is -2.50. The summed E-state index contributed by atoms with van der Waals surface area (Å²) in [6.07, 6.45) is 0. The molecule has 0 spiro atoms. The maximum atomic E-state index is 13.4. The van der Waals surface area contributed by atoms with Gasteiger partial charge in [-0.2, -0.15) is 0 Å². The Bertz CT molecular complexity index is 1300. The van der Waals surface area contributed by atoms with E-state index in [1.807, 2.05) is 32.0 Å². The molecule has 4 rings (SSSR count). The predicted molar refractivity (Wildman–Crippen MR) is 133 cm³/mol. The number of carbonyl (C=O) groups is 4. The van der Waals surface area contributed by atoms with Crippen molar-refractivity contribution in [2.24, 2.45) is 0 Å². The van der Waals surface area contributed by atoms with Crippen molar-refractivity contribution in [2.75, 3.05) is 5.32 Å². The van der Waals surface area contributed by atoms with Gasteiger partial charge in [0.25, 0.3) is 17.7 Å². The molecule has 0 saturated heterocycles. The fourth-order valence-corrected chi connectivity index (χ4v) is 4.39. The monoisotopic (exact) mass is 489 g/mol. The number of amides is 4. The van der Waals surface area contributed by atoms with Gasteiger partial charge in [0.05, 0.1) is 11.1 Å². The van der Waals surface area contributed by atoms with Gasteiger partial charge in [-0.15, -0.1) is 0 Å². The average molecular weight is 490 g/mol. The molecule has 1 heterocycles. The van der Waals surface area contributed by atoms with E-state index < -0.39 is 35.7 Å². The molecular formula is C27H24ClN3O4. The molecule has 2 atom stereocenters. The third-order valence-electron chi connectivity index (χ3n) is 6.09. The number of hydrogen-bond donors (Lipinski definition) is 2. The highest BCUT2D eigenvalue weighted by Crippen LogP contribution is 2.28. The molecule has 0 fully saturated rings. The van der Waals surface area contributed by atoms with Crippen LogP contribution >= 0.6 is 11.6 Å². The topological polar surface area (TPSA) is 95.6 Å². The van der Waals surface area contributed by atoms with Crippen LogP contribution in [0.5, 0.6) is 0 Å². The first-order chi connectivity index (χ1) is 16.7. The first-order valence-corrected chi connectivity index (χ1v) is 11.5. The molecule has 1 aliphatic heterocycles. The summed E-state index contributed by atoms with van der Waals surface area (Å²) < 4.78 is 0. The minimum atomic E-state index is -1.16. The Balaban J connectivity index is 1.62. The third kappa shape index (κ3) is 4.55. The third-order valence-corrected chi connectivity index (χ3v) is 6.43. The highest BCUT2D eigenvalue weighted by Gasteiger charge is 2.41. The molecule has 0 bridgehead atoms. The number of nitrogens with zero attached hydrogens (tertiary/aromatic N) is 1. The van der Waals surface area contributed by atoms with Crippen LogP contribution < -0.4 is 10.6 Å². The zero-order valence-corrected chi connectivity index (χ0v) is 20.2. The van der Waals surface area contributed by atoms with Gasteiger partial charge in [0.2, 0.25) is 5.91 Å². The van der Waals surface area contributed by atoms with Crippen molar-refractivity contribution < 1.29 is 19.2 Å². The Labute approximate surface area is 208 Å². The molecule has 3 aromatic rings. The number of hydrogen-bond acceptors (Lipinski definition) is 4. The number of anilines is 1. The van der Waals surface area contributed by atoms with Crippen molar-refractivity contribution in [3.05, 3.63) is 99.6 Å². The first kappa shape index (κ1) is 24.2. The first-order valence-electron chi connectivity index (χ1n) is 11.1. The van der Waals surface area contributed by atoms with Gasteiger partial charge in [0.1, 0.15) is 12.1 Å². The van der Waals surface area contributed by atoms with Gasteiger partial charge in [0.15, 0.2) is 0 Å². The lowest BCUT2D eigenvalue weighted by Gasteiger charge is -2.26. The summed E-state index contributed by atoms with van der Waals surface area (Å²) in [5, 5.41) is 5.88. The quantitative estimate of drug-likeness (QED) is 0.500. The molecule has 8 heteroatoms. The molecule has 7 nitrogen and oxygen atoms in total. The van der Waals surface area contributed by atoms with E-state index in [4.69, 9.17) is 11.6 Å². The van der Waals surface area contributed by atoms with Crippen molar-refractivity contribution in [3.63, 3.8) is 0 Å². The zero-order chi connectivity index (χ0) is 25.3. The van der Waals surface area contributed by atoms with Crippen molar-refractivity contribution in [1.29, 1.82) is 0 Å². The van der Waals surface area contributed by atoms with Crippen LogP contribution in [0.1, 0.15) is 50.4 Å². The van der Waals surface area contributed by atoms with E-state index in [-0.39, 0.29) is 11.1 Å². The Morgan fingerprint density at radius 3 is 1.91 bits per heavy atom. The highest BCUT2D eigenvalue weighted by atomic mass is 35.5. The Morgan fingerprint density at radius 2 is 1.34 bits per heavy atom. The van der Waals surface area contributed by atoms with Crippen LogP contribution in [0.25, 0.3) is 0 Å². The summed E-state index contributed by atoms with van der Waals surface area (Å²) in [6, 6.07) is 16.4. The van der Waals surface area contributed by atoms with Gasteiger partial charge in [0, 0.05) is 16.3 Å². The lowest BCUT2D eigenvalue weighted by molar-refractivity contribution is -0.129. The van der Waals surface area contributed by atoms with E-state index >= 15 is 0 Å². The lowest BCUT2D eigenvalue weighted by atomic mass is 10.0. The van der Waals surface area contributed by atoms with Crippen molar-refractivity contribution >= 4 is 40.9 Å². The zero-order valence-electron chi connectivity index (χ0n) is 19.5.